The van der Waals surface area contributed by atoms with Crippen LogP contribution in [0.15, 0.2) is 71.9 Å². The Hall–Kier alpha value is -2.81. The third kappa shape index (κ3) is 6.66. The number of ether oxygens (including phenoxy) is 1. The number of sulfonamides is 1. The highest BCUT2D eigenvalue weighted by molar-refractivity contribution is 7.89. The predicted octanol–water partition coefficient (Wildman–Crippen LogP) is 4.85. The van der Waals surface area contributed by atoms with Gasteiger partial charge in [-0.3, -0.25) is 9.78 Å². The van der Waals surface area contributed by atoms with Crippen molar-refractivity contribution in [3.05, 3.63) is 89.0 Å². The lowest BCUT2D eigenvalue weighted by molar-refractivity contribution is -0.118. The fourth-order valence-corrected chi connectivity index (χ4v) is 5.77. The van der Waals surface area contributed by atoms with Crippen molar-refractivity contribution in [2.75, 3.05) is 13.1 Å². The molecule has 35 heavy (non-hydrogen) atoms. The van der Waals surface area contributed by atoms with Crippen LogP contribution in [0.3, 0.4) is 0 Å². The summed E-state index contributed by atoms with van der Waals surface area (Å²) in [5.74, 6) is -0.0522. The summed E-state index contributed by atoms with van der Waals surface area (Å²) in [5, 5.41) is 0.149. The number of aromatic nitrogens is 1. The summed E-state index contributed by atoms with van der Waals surface area (Å²) >= 11 is 6.05. The van der Waals surface area contributed by atoms with E-state index in [1.54, 1.807) is 36.7 Å². The number of piperidine rings is 1. The van der Waals surface area contributed by atoms with Crippen LogP contribution in [0.4, 0.5) is 4.39 Å². The van der Waals surface area contributed by atoms with Crippen molar-refractivity contribution < 1.29 is 22.3 Å². The van der Waals surface area contributed by atoms with Crippen LogP contribution < -0.4 is 4.74 Å². The fourth-order valence-electron chi connectivity index (χ4n) is 4.04. The Kier molecular flexibility index (Phi) is 8.15. The lowest BCUT2D eigenvalue weighted by atomic mass is 10.0. The van der Waals surface area contributed by atoms with Crippen LogP contribution in [0, 0.1) is 5.82 Å². The van der Waals surface area contributed by atoms with Gasteiger partial charge in [0, 0.05) is 31.8 Å². The molecule has 0 saturated carbocycles. The minimum atomic E-state index is -3.73. The lowest BCUT2D eigenvalue weighted by Crippen LogP contribution is -2.44. The summed E-state index contributed by atoms with van der Waals surface area (Å²) in [5.41, 5.74) is 1.78. The lowest BCUT2D eigenvalue weighted by Gasteiger charge is -2.32. The summed E-state index contributed by atoms with van der Waals surface area (Å²) < 4.78 is 47.0. The summed E-state index contributed by atoms with van der Waals surface area (Å²) in [6.07, 6.45) is 5.62. The molecule has 0 aliphatic carbocycles. The smallest absolute Gasteiger partial charge is 0.243 e. The van der Waals surface area contributed by atoms with E-state index in [9.17, 15) is 17.6 Å². The van der Waals surface area contributed by atoms with Gasteiger partial charge in [0.1, 0.15) is 23.5 Å². The van der Waals surface area contributed by atoms with Gasteiger partial charge in [0.2, 0.25) is 10.0 Å². The van der Waals surface area contributed by atoms with E-state index in [2.05, 4.69) is 4.98 Å². The molecule has 0 amide bonds. The van der Waals surface area contributed by atoms with E-state index in [1.807, 2.05) is 12.1 Å². The fraction of sp³-hybridized carbons (Fsp3) is 0.308. The topological polar surface area (TPSA) is 76.6 Å². The van der Waals surface area contributed by atoms with Crippen molar-refractivity contribution in [2.45, 2.75) is 43.1 Å². The molecule has 2 heterocycles. The molecule has 1 atom stereocenters. The van der Waals surface area contributed by atoms with Crippen LogP contribution >= 0.6 is 11.6 Å². The van der Waals surface area contributed by atoms with E-state index in [1.165, 1.54) is 22.5 Å². The number of Topliss-reactive ketones (excluding diaryl/α,β-unsaturated/α-hetero) is 1. The zero-order chi connectivity index (χ0) is 24.8. The number of pyridine rings is 1. The summed E-state index contributed by atoms with van der Waals surface area (Å²) in [7, 11) is -3.73. The van der Waals surface area contributed by atoms with Crippen LogP contribution in [0.1, 0.15) is 30.4 Å². The minimum absolute atomic E-state index is 0.0833. The van der Waals surface area contributed by atoms with Gasteiger partial charge in [0.15, 0.2) is 0 Å². The van der Waals surface area contributed by atoms with E-state index in [0.717, 1.165) is 11.1 Å². The highest BCUT2D eigenvalue weighted by atomic mass is 35.5. The highest BCUT2D eigenvalue weighted by Crippen LogP contribution is 2.29. The Labute approximate surface area is 209 Å². The van der Waals surface area contributed by atoms with Crippen molar-refractivity contribution in [2.24, 2.45) is 0 Å². The SMILES string of the molecule is O=C(CCc1cccnc1)Cc1ccc(S(=O)(=O)N2CCCC(Oc3ccc(F)cc3Cl)C2)cc1. The standard InChI is InChI=1S/C26H26ClFN2O4S/c27-25-16-21(28)8-12-26(25)34-23-4-2-14-30(18-23)35(32,33)24-10-6-19(7-11-24)15-22(31)9-5-20-3-1-13-29-17-20/h1,3,6-8,10-13,16-17,23H,2,4-5,9,14-15,18H2. The number of nitrogens with zero attached hydrogens (tertiary/aromatic N) is 2. The molecule has 3 aromatic rings. The Morgan fingerprint density at radius 3 is 2.66 bits per heavy atom. The van der Waals surface area contributed by atoms with Gasteiger partial charge in [0.05, 0.1) is 16.5 Å². The maximum Gasteiger partial charge on any atom is 0.243 e. The molecule has 2 aromatic carbocycles. The number of benzene rings is 2. The molecule has 9 heteroatoms. The molecule has 1 fully saturated rings. The summed E-state index contributed by atoms with van der Waals surface area (Å²) in [4.78, 5) is 16.6. The van der Waals surface area contributed by atoms with E-state index < -0.39 is 21.9 Å². The van der Waals surface area contributed by atoms with Gasteiger partial charge < -0.3 is 4.74 Å². The van der Waals surface area contributed by atoms with Crippen molar-refractivity contribution in [3.8, 4) is 5.75 Å². The number of ketones is 1. The third-order valence-corrected chi connectivity index (χ3v) is 8.08. The van der Waals surface area contributed by atoms with E-state index in [0.29, 0.717) is 38.0 Å². The van der Waals surface area contributed by atoms with Gasteiger partial charge in [0.25, 0.3) is 0 Å². The molecule has 0 radical (unpaired) electrons. The molecule has 0 bridgehead atoms. The quantitative estimate of drug-likeness (QED) is 0.406. The molecule has 1 saturated heterocycles. The van der Waals surface area contributed by atoms with Gasteiger partial charge in [-0.2, -0.15) is 4.31 Å². The van der Waals surface area contributed by atoms with Gasteiger partial charge in [-0.1, -0.05) is 29.8 Å². The van der Waals surface area contributed by atoms with Crippen molar-refractivity contribution in [1.82, 2.24) is 9.29 Å². The molecule has 6 nitrogen and oxygen atoms in total. The van der Waals surface area contributed by atoms with Crippen LogP contribution in [0.5, 0.6) is 5.75 Å². The number of aryl methyl sites for hydroxylation is 1. The number of rotatable bonds is 9. The summed E-state index contributed by atoms with van der Waals surface area (Å²) in [6, 6.07) is 14.1. The molecule has 1 aliphatic rings. The zero-order valence-corrected chi connectivity index (χ0v) is 20.6. The van der Waals surface area contributed by atoms with E-state index >= 15 is 0 Å². The van der Waals surface area contributed by atoms with E-state index in [4.69, 9.17) is 16.3 Å². The summed E-state index contributed by atoms with van der Waals surface area (Å²) in [6.45, 7) is 0.554. The molecular weight excluding hydrogens is 491 g/mol. The Balaban J connectivity index is 1.35. The molecule has 184 valence electrons. The Morgan fingerprint density at radius 1 is 1.14 bits per heavy atom. The second-order valence-corrected chi connectivity index (χ2v) is 10.9. The zero-order valence-electron chi connectivity index (χ0n) is 19.1. The number of hydrogen-bond acceptors (Lipinski definition) is 5. The first-order valence-corrected chi connectivity index (χ1v) is 13.2. The molecule has 1 aromatic heterocycles. The molecule has 0 spiro atoms. The van der Waals surface area contributed by atoms with Gasteiger partial charge in [-0.15, -0.1) is 0 Å². The van der Waals surface area contributed by atoms with Crippen LogP contribution in [-0.2, 0) is 27.7 Å². The minimum Gasteiger partial charge on any atom is -0.487 e. The molecule has 1 unspecified atom stereocenters. The molecule has 4 rings (SSSR count). The predicted molar refractivity (Wildman–Crippen MR) is 132 cm³/mol. The largest absolute Gasteiger partial charge is 0.487 e. The van der Waals surface area contributed by atoms with Crippen LogP contribution in [0.2, 0.25) is 5.02 Å². The van der Waals surface area contributed by atoms with E-state index in [-0.39, 0.29) is 28.7 Å². The number of carbonyl (C=O) groups excluding carboxylic acids is 1. The van der Waals surface area contributed by atoms with Gasteiger partial charge in [-0.25, -0.2) is 12.8 Å². The van der Waals surface area contributed by atoms with Crippen LogP contribution in [-0.4, -0.2) is 42.7 Å². The maximum absolute atomic E-state index is 13.3. The molecular formula is C26H26ClFN2O4S. The first-order valence-electron chi connectivity index (χ1n) is 11.4. The van der Waals surface area contributed by atoms with Crippen LogP contribution in [0.25, 0.3) is 0 Å². The Morgan fingerprint density at radius 2 is 1.94 bits per heavy atom. The monoisotopic (exact) mass is 516 g/mol. The second kappa shape index (κ2) is 11.3. The maximum atomic E-state index is 13.3. The second-order valence-electron chi connectivity index (χ2n) is 8.54. The van der Waals surface area contributed by atoms with Gasteiger partial charge in [-0.05, 0) is 66.8 Å². The van der Waals surface area contributed by atoms with Crippen molar-refractivity contribution >= 4 is 27.4 Å². The van der Waals surface area contributed by atoms with Gasteiger partial charge >= 0.3 is 0 Å². The average molecular weight is 517 g/mol. The number of halogens is 2. The normalized spacial score (nSPS) is 16.7. The average Bonchev–Trinajstić information content (AvgIpc) is 2.86. The molecule has 1 aliphatic heterocycles. The third-order valence-electron chi connectivity index (χ3n) is 5.91. The van der Waals surface area contributed by atoms with Crippen molar-refractivity contribution in [1.29, 1.82) is 0 Å². The highest BCUT2D eigenvalue weighted by Gasteiger charge is 2.31. The first kappa shape index (κ1) is 25.3. The first-order chi connectivity index (χ1) is 16.8. The number of carbonyl (C=O) groups is 1. The van der Waals surface area contributed by atoms with Crippen molar-refractivity contribution in [3.63, 3.8) is 0 Å². The number of hydrogen-bond donors (Lipinski definition) is 0. The Bertz CT molecular complexity index is 1270. The molecule has 0 N–H and O–H groups in total.